The average molecular weight is 285 g/mol. The second-order valence-corrected chi connectivity index (χ2v) is 5.29. The Morgan fingerprint density at radius 1 is 1.29 bits per heavy atom. The van der Waals surface area contributed by atoms with Gasteiger partial charge in [0.25, 0.3) is 5.91 Å². The molecular weight excluding hydrogens is 262 g/mol. The van der Waals surface area contributed by atoms with Gasteiger partial charge in [-0.1, -0.05) is 24.3 Å². The Balaban J connectivity index is 2.51. The molecule has 0 aliphatic heterocycles. The molecule has 0 unspecified atom stereocenters. The van der Waals surface area contributed by atoms with E-state index in [1.165, 1.54) is 0 Å². The Kier molecular flexibility index (Phi) is 4.78. The summed E-state index contributed by atoms with van der Waals surface area (Å²) in [6.45, 7) is 9.51. The fourth-order valence-electron chi connectivity index (χ4n) is 2.50. The molecule has 112 valence electrons. The third kappa shape index (κ3) is 3.15. The molecule has 1 aromatic carbocycles. The van der Waals surface area contributed by atoms with Crippen molar-refractivity contribution in [2.24, 2.45) is 0 Å². The van der Waals surface area contributed by atoms with Gasteiger partial charge in [0.15, 0.2) is 0 Å². The van der Waals surface area contributed by atoms with E-state index in [0.717, 1.165) is 23.1 Å². The van der Waals surface area contributed by atoms with Crippen LogP contribution in [0.3, 0.4) is 0 Å². The molecule has 1 N–H and O–H groups in total. The third-order valence-electron chi connectivity index (χ3n) is 3.53. The van der Waals surface area contributed by atoms with Crippen LogP contribution in [0.1, 0.15) is 38.2 Å². The molecule has 0 bridgehead atoms. The standard InChI is InChI=1S/C17H23N3O/c1-5-18-16-14-10-8-7-9-13(14)11-15(19-16)17(21)20(6-2)12(3)4/h7-12H,5-6H2,1-4H3,(H,18,19). The highest BCUT2D eigenvalue weighted by Gasteiger charge is 2.19. The molecule has 0 fully saturated rings. The Morgan fingerprint density at radius 3 is 2.62 bits per heavy atom. The van der Waals surface area contributed by atoms with Crippen molar-refractivity contribution in [2.45, 2.75) is 33.7 Å². The van der Waals surface area contributed by atoms with Crippen LogP contribution < -0.4 is 5.32 Å². The van der Waals surface area contributed by atoms with E-state index in [9.17, 15) is 4.79 Å². The minimum atomic E-state index is -0.0163. The molecule has 0 aliphatic carbocycles. The molecule has 0 aliphatic rings. The summed E-state index contributed by atoms with van der Waals surface area (Å²) in [5, 5.41) is 5.33. The first-order valence-electron chi connectivity index (χ1n) is 7.53. The first-order valence-corrected chi connectivity index (χ1v) is 7.53. The van der Waals surface area contributed by atoms with Gasteiger partial charge in [-0.2, -0.15) is 0 Å². The summed E-state index contributed by atoms with van der Waals surface area (Å²) in [5.74, 6) is 0.760. The lowest BCUT2D eigenvalue weighted by Crippen LogP contribution is -2.37. The molecule has 0 saturated carbocycles. The van der Waals surface area contributed by atoms with Crippen LogP contribution in [0.4, 0.5) is 5.82 Å². The number of carbonyl (C=O) groups excluding carboxylic acids is 1. The summed E-state index contributed by atoms with van der Waals surface area (Å²) in [4.78, 5) is 19.0. The topological polar surface area (TPSA) is 45.2 Å². The summed E-state index contributed by atoms with van der Waals surface area (Å²) in [6.07, 6.45) is 0. The van der Waals surface area contributed by atoms with Crippen LogP contribution in [0.25, 0.3) is 10.8 Å². The van der Waals surface area contributed by atoms with E-state index in [4.69, 9.17) is 0 Å². The number of nitrogens with zero attached hydrogens (tertiary/aromatic N) is 2. The highest BCUT2D eigenvalue weighted by atomic mass is 16.2. The fourth-order valence-corrected chi connectivity index (χ4v) is 2.50. The molecule has 0 atom stereocenters. The van der Waals surface area contributed by atoms with Crippen molar-refractivity contribution in [3.63, 3.8) is 0 Å². The van der Waals surface area contributed by atoms with Crippen molar-refractivity contribution in [3.05, 3.63) is 36.0 Å². The quantitative estimate of drug-likeness (QED) is 0.914. The van der Waals surface area contributed by atoms with E-state index in [1.807, 2.05) is 62.9 Å². The number of anilines is 1. The van der Waals surface area contributed by atoms with Gasteiger partial charge in [-0.15, -0.1) is 0 Å². The summed E-state index contributed by atoms with van der Waals surface area (Å²) in [6, 6.07) is 10.0. The molecule has 21 heavy (non-hydrogen) atoms. The van der Waals surface area contributed by atoms with E-state index in [0.29, 0.717) is 12.2 Å². The van der Waals surface area contributed by atoms with Crippen molar-refractivity contribution < 1.29 is 4.79 Å². The number of nitrogens with one attached hydrogen (secondary N) is 1. The fraction of sp³-hybridized carbons (Fsp3) is 0.412. The molecule has 1 amide bonds. The number of hydrogen-bond donors (Lipinski definition) is 1. The number of pyridine rings is 1. The highest BCUT2D eigenvalue weighted by Crippen LogP contribution is 2.23. The average Bonchev–Trinajstić information content (AvgIpc) is 2.47. The second kappa shape index (κ2) is 6.57. The minimum absolute atomic E-state index is 0.0163. The van der Waals surface area contributed by atoms with E-state index < -0.39 is 0 Å². The summed E-state index contributed by atoms with van der Waals surface area (Å²) in [5.41, 5.74) is 0.500. The van der Waals surface area contributed by atoms with Gasteiger partial charge in [-0.05, 0) is 39.1 Å². The molecule has 4 nitrogen and oxygen atoms in total. The third-order valence-corrected chi connectivity index (χ3v) is 3.53. The van der Waals surface area contributed by atoms with Gasteiger partial charge < -0.3 is 10.2 Å². The zero-order valence-corrected chi connectivity index (χ0v) is 13.2. The van der Waals surface area contributed by atoms with Gasteiger partial charge in [0.2, 0.25) is 0 Å². The van der Waals surface area contributed by atoms with E-state index in [2.05, 4.69) is 10.3 Å². The van der Waals surface area contributed by atoms with Crippen molar-refractivity contribution in [1.82, 2.24) is 9.88 Å². The number of benzene rings is 1. The number of hydrogen-bond acceptors (Lipinski definition) is 3. The monoisotopic (exact) mass is 285 g/mol. The maximum absolute atomic E-state index is 12.7. The molecule has 2 aromatic rings. The van der Waals surface area contributed by atoms with Gasteiger partial charge in [0.05, 0.1) is 0 Å². The molecule has 1 aromatic heterocycles. The molecule has 4 heteroatoms. The summed E-state index contributed by atoms with van der Waals surface area (Å²) < 4.78 is 0. The van der Waals surface area contributed by atoms with Crippen molar-refractivity contribution in [1.29, 1.82) is 0 Å². The highest BCUT2D eigenvalue weighted by molar-refractivity contribution is 6.00. The SMILES string of the molecule is CCNc1nc(C(=O)N(CC)C(C)C)cc2ccccc12. The Bertz CT molecular complexity index is 637. The van der Waals surface area contributed by atoms with Crippen LogP contribution in [0.2, 0.25) is 0 Å². The first kappa shape index (κ1) is 15.3. The summed E-state index contributed by atoms with van der Waals surface area (Å²) >= 11 is 0. The molecular formula is C17H23N3O. The van der Waals surface area contributed by atoms with Crippen LogP contribution in [0.5, 0.6) is 0 Å². The number of rotatable bonds is 5. The van der Waals surface area contributed by atoms with Crippen LogP contribution in [0, 0.1) is 0 Å². The lowest BCUT2D eigenvalue weighted by atomic mass is 10.1. The molecule has 0 spiro atoms. The zero-order chi connectivity index (χ0) is 15.4. The van der Waals surface area contributed by atoms with Gasteiger partial charge >= 0.3 is 0 Å². The normalized spacial score (nSPS) is 10.9. The van der Waals surface area contributed by atoms with Crippen LogP contribution >= 0.6 is 0 Å². The lowest BCUT2D eigenvalue weighted by molar-refractivity contribution is 0.0711. The molecule has 0 saturated heterocycles. The lowest BCUT2D eigenvalue weighted by Gasteiger charge is -2.25. The number of amides is 1. The molecule has 0 radical (unpaired) electrons. The number of aromatic nitrogens is 1. The smallest absolute Gasteiger partial charge is 0.272 e. The molecule has 2 rings (SSSR count). The Hall–Kier alpha value is -2.10. The zero-order valence-electron chi connectivity index (χ0n) is 13.2. The van der Waals surface area contributed by atoms with E-state index in [1.54, 1.807) is 0 Å². The van der Waals surface area contributed by atoms with E-state index in [-0.39, 0.29) is 11.9 Å². The van der Waals surface area contributed by atoms with Crippen LogP contribution in [-0.4, -0.2) is 34.9 Å². The van der Waals surface area contributed by atoms with Crippen LogP contribution in [-0.2, 0) is 0 Å². The van der Waals surface area contributed by atoms with Gasteiger partial charge in [0.1, 0.15) is 11.5 Å². The maximum Gasteiger partial charge on any atom is 0.272 e. The van der Waals surface area contributed by atoms with E-state index >= 15 is 0 Å². The second-order valence-electron chi connectivity index (χ2n) is 5.29. The van der Waals surface area contributed by atoms with Gasteiger partial charge in [-0.3, -0.25) is 4.79 Å². The minimum Gasteiger partial charge on any atom is -0.370 e. The van der Waals surface area contributed by atoms with Crippen LogP contribution in [0.15, 0.2) is 30.3 Å². The predicted molar refractivity (Wildman–Crippen MR) is 87.8 cm³/mol. The van der Waals surface area contributed by atoms with Crippen molar-refractivity contribution in [2.75, 3.05) is 18.4 Å². The number of fused-ring (bicyclic) bond motifs is 1. The molecule has 1 heterocycles. The van der Waals surface area contributed by atoms with Gasteiger partial charge in [0, 0.05) is 24.5 Å². The summed E-state index contributed by atoms with van der Waals surface area (Å²) in [7, 11) is 0. The number of carbonyl (C=O) groups is 1. The maximum atomic E-state index is 12.7. The van der Waals surface area contributed by atoms with Crippen molar-refractivity contribution in [3.8, 4) is 0 Å². The first-order chi connectivity index (χ1) is 10.1. The largest absolute Gasteiger partial charge is 0.370 e. The van der Waals surface area contributed by atoms with Gasteiger partial charge in [-0.25, -0.2) is 4.98 Å². The van der Waals surface area contributed by atoms with Crippen molar-refractivity contribution >= 4 is 22.5 Å². The predicted octanol–water partition coefficient (Wildman–Crippen LogP) is 3.54. The Labute approximate surface area is 126 Å². The Morgan fingerprint density at radius 2 is 2.00 bits per heavy atom.